The Morgan fingerprint density at radius 2 is 1.57 bits per heavy atom. The second-order valence-electron chi connectivity index (χ2n) is 14.0. The number of halogens is 3. The summed E-state index contributed by atoms with van der Waals surface area (Å²) < 4.78 is 54.2. The Kier molecular flexibility index (Phi) is 13.4. The van der Waals surface area contributed by atoms with Crippen molar-refractivity contribution in [3.63, 3.8) is 0 Å². The van der Waals surface area contributed by atoms with E-state index in [1.165, 1.54) is 43.6 Å². The molecular formula is C41H42ClF2N7O9. The van der Waals surface area contributed by atoms with E-state index >= 15 is 8.78 Å². The lowest BCUT2D eigenvalue weighted by Crippen LogP contribution is -2.54. The van der Waals surface area contributed by atoms with E-state index < -0.39 is 41.3 Å². The van der Waals surface area contributed by atoms with E-state index in [0.29, 0.717) is 49.6 Å². The third-order valence-corrected chi connectivity index (χ3v) is 10.6. The van der Waals surface area contributed by atoms with Gasteiger partial charge in [0.1, 0.15) is 41.9 Å². The van der Waals surface area contributed by atoms with Crippen LogP contribution in [-0.2, 0) is 28.6 Å². The molecule has 3 aliphatic heterocycles. The SMILES string of the molecule is CC(=O)N1CCN(c2ncnc3c(F)c(-c4c(F)cccc4OCCOCCOCCOCCNc4cccc5c4C(=O)N(C4CCC(=O)NC4=O)C5=O)c(Cl)cc23)CC1. The zero-order valence-electron chi connectivity index (χ0n) is 32.6. The molecule has 1 atom stereocenters. The number of piperidine rings is 1. The number of piperazine rings is 1. The number of hydrogen-bond acceptors (Lipinski definition) is 13. The van der Waals surface area contributed by atoms with Crippen LogP contribution in [0.3, 0.4) is 0 Å². The van der Waals surface area contributed by atoms with Gasteiger partial charge >= 0.3 is 0 Å². The monoisotopic (exact) mass is 849 g/mol. The molecule has 4 aromatic rings. The normalized spacial score (nSPS) is 16.7. The summed E-state index contributed by atoms with van der Waals surface area (Å²) in [7, 11) is 0. The predicted octanol–water partition coefficient (Wildman–Crippen LogP) is 3.84. The number of nitrogens with zero attached hydrogens (tertiary/aromatic N) is 5. The quantitative estimate of drug-likeness (QED) is 0.116. The summed E-state index contributed by atoms with van der Waals surface area (Å²) in [5.74, 6) is -3.32. The third kappa shape index (κ3) is 9.01. The number of ether oxygens (including phenoxy) is 4. The molecule has 60 heavy (non-hydrogen) atoms. The van der Waals surface area contributed by atoms with Crippen LogP contribution < -0.4 is 20.3 Å². The third-order valence-electron chi connectivity index (χ3n) is 10.3. The van der Waals surface area contributed by atoms with Crippen LogP contribution in [0.15, 0.2) is 48.8 Å². The van der Waals surface area contributed by atoms with E-state index in [1.807, 2.05) is 4.90 Å². The number of carbonyl (C=O) groups is 5. The van der Waals surface area contributed by atoms with Gasteiger partial charge in [-0.3, -0.25) is 34.2 Å². The zero-order chi connectivity index (χ0) is 42.3. The van der Waals surface area contributed by atoms with Crippen molar-refractivity contribution in [3.05, 3.63) is 76.6 Å². The minimum absolute atomic E-state index is 0.0218. The summed E-state index contributed by atoms with van der Waals surface area (Å²) in [6.07, 6.45) is 1.36. The molecule has 3 aliphatic rings. The van der Waals surface area contributed by atoms with E-state index in [-0.39, 0.29) is 104 Å². The van der Waals surface area contributed by atoms with E-state index in [4.69, 9.17) is 30.5 Å². The van der Waals surface area contributed by atoms with Gasteiger partial charge in [-0.15, -0.1) is 0 Å². The molecule has 2 saturated heterocycles. The average molecular weight is 850 g/mol. The molecule has 1 unspecified atom stereocenters. The smallest absolute Gasteiger partial charge is 0.264 e. The Bertz CT molecular complexity index is 2310. The van der Waals surface area contributed by atoms with Gasteiger partial charge in [0, 0.05) is 62.7 Å². The molecule has 0 radical (unpaired) electrons. The van der Waals surface area contributed by atoms with Crippen molar-refractivity contribution in [2.24, 2.45) is 0 Å². The lowest BCUT2D eigenvalue weighted by atomic mass is 10.0. The summed E-state index contributed by atoms with van der Waals surface area (Å²) >= 11 is 6.65. The second kappa shape index (κ2) is 19.1. The molecular weight excluding hydrogens is 808 g/mol. The summed E-state index contributed by atoms with van der Waals surface area (Å²) in [5.41, 5.74) is 0.419. The number of rotatable bonds is 17. The molecule has 5 amide bonds. The van der Waals surface area contributed by atoms with Gasteiger partial charge in [0.05, 0.1) is 61.4 Å². The van der Waals surface area contributed by atoms with Crippen molar-refractivity contribution in [1.82, 2.24) is 25.1 Å². The fourth-order valence-electron chi connectivity index (χ4n) is 7.37. The van der Waals surface area contributed by atoms with E-state index in [9.17, 15) is 24.0 Å². The van der Waals surface area contributed by atoms with Crippen molar-refractivity contribution in [2.45, 2.75) is 25.8 Å². The van der Waals surface area contributed by atoms with Gasteiger partial charge < -0.3 is 34.1 Å². The molecule has 0 bridgehead atoms. The predicted molar refractivity (Wildman–Crippen MR) is 214 cm³/mol. The maximum Gasteiger partial charge on any atom is 0.264 e. The number of aromatic nitrogens is 2. The molecule has 19 heteroatoms. The molecule has 4 heterocycles. The lowest BCUT2D eigenvalue weighted by molar-refractivity contribution is -0.136. The topological polar surface area (TPSA) is 182 Å². The van der Waals surface area contributed by atoms with Crippen molar-refractivity contribution in [1.29, 1.82) is 0 Å². The minimum Gasteiger partial charge on any atom is -0.490 e. The molecule has 1 aromatic heterocycles. The summed E-state index contributed by atoms with van der Waals surface area (Å²) in [6.45, 7) is 5.28. The van der Waals surface area contributed by atoms with Gasteiger partial charge in [0.2, 0.25) is 17.7 Å². The Morgan fingerprint density at radius 3 is 2.28 bits per heavy atom. The fourth-order valence-corrected chi connectivity index (χ4v) is 7.66. The number of nitrogens with one attached hydrogen (secondary N) is 2. The summed E-state index contributed by atoms with van der Waals surface area (Å²) in [4.78, 5) is 75.1. The Morgan fingerprint density at radius 1 is 0.867 bits per heavy atom. The summed E-state index contributed by atoms with van der Waals surface area (Å²) in [5, 5.41) is 5.62. The van der Waals surface area contributed by atoms with Crippen LogP contribution in [-0.4, -0.2) is 134 Å². The van der Waals surface area contributed by atoms with Crippen molar-refractivity contribution in [2.75, 3.05) is 89.2 Å². The van der Waals surface area contributed by atoms with Crippen LogP contribution in [0.2, 0.25) is 5.02 Å². The lowest BCUT2D eigenvalue weighted by Gasteiger charge is -2.35. The number of amides is 5. The molecule has 0 aliphatic carbocycles. The minimum atomic E-state index is -1.05. The molecule has 3 aromatic carbocycles. The maximum atomic E-state index is 16.2. The van der Waals surface area contributed by atoms with Crippen LogP contribution in [0.5, 0.6) is 5.75 Å². The molecule has 316 valence electrons. The van der Waals surface area contributed by atoms with E-state index in [2.05, 4.69) is 20.6 Å². The van der Waals surface area contributed by atoms with E-state index in [0.717, 1.165) is 4.90 Å². The zero-order valence-corrected chi connectivity index (χ0v) is 33.4. The first-order valence-corrected chi connectivity index (χ1v) is 19.8. The van der Waals surface area contributed by atoms with Crippen LogP contribution >= 0.6 is 11.6 Å². The standard InChI is InChI=1S/C41H42ClF2N7O9/c1-24(52)49-11-13-50(14-12-49)38-26-22-27(42)34(36(44)37(26)46-23-47-38)35-28(43)5-3-7-31(35)60-21-20-59-19-18-58-17-16-57-15-10-45-29-6-2-4-25-33(29)41(56)51(40(25)55)30-8-9-32(53)48-39(30)54/h2-7,22-23,30,45H,8-21H2,1H3,(H,48,53,54). The Hall–Kier alpha value is -5.82. The van der Waals surface area contributed by atoms with Crippen molar-refractivity contribution >= 4 is 63.5 Å². The Balaban J connectivity index is 0.824. The number of fused-ring (bicyclic) bond motifs is 2. The van der Waals surface area contributed by atoms with Crippen LogP contribution in [0.1, 0.15) is 40.5 Å². The number of hydrogen-bond donors (Lipinski definition) is 2. The first-order chi connectivity index (χ1) is 29.0. The van der Waals surface area contributed by atoms with Gasteiger partial charge in [0.15, 0.2) is 5.82 Å². The largest absolute Gasteiger partial charge is 0.490 e. The Labute approximate surface area is 348 Å². The summed E-state index contributed by atoms with van der Waals surface area (Å²) in [6, 6.07) is 9.46. The van der Waals surface area contributed by atoms with Crippen molar-refractivity contribution < 1.29 is 51.7 Å². The van der Waals surface area contributed by atoms with Crippen LogP contribution in [0.4, 0.5) is 20.3 Å². The molecule has 2 N–H and O–H groups in total. The highest BCUT2D eigenvalue weighted by Gasteiger charge is 2.45. The number of carbonyl (C=O) groups excluding carboxylic acids is 5. The molecule has 0 spiro atoms. The maximum absolute atomic E-state index is 16.2. The number of benzene rings is 3. The van der Waals surface area contributed by atoms with Gasteiger partial charge in [0.25, 0.3) is 11.8 Å². The molecule has 16 nitrogen and oxygen atoms in total. The number of imide groups is 2. The van der Waals surface area contributed by atoms with Gasteiger partial charge in [-0.1, -0.05) is 23.7 Å². The van der Waals surface area contributed by atoms with E-state index in [1.54, 1.807) is 17.0 Å². The van der Waals surface area contributed by atoms with Crippen LogP contribution in [0, 0.1) is 11.6 Å². The molecule has 2 fully saturated rings. The fraction of sp³-hybridized carbons (Fsp3) is 0.390. The van der Waals surface area contributed by atoms with Gasteiger partial charge in [-0.2, -0.15) is 0 Å². The average Bonchev–Trinajstić information content (AvgIpc) is 3.49. The molecule has 7 rings (SSSR count). The second-order valence-corrected chi connectivity index (χ2v) is 14.4. The first-order valence-electron chi connectivity index (χ1n) is 19.4. The van der Waals surface area contributed by atoms with Crippen LogP contribution in [0.25, 0.3) is 22.0 Å². The van der Waals surface area contributed by atoms with Crippen molar-refractivity contribution in [3.8, 4) is 16.9 Å². The number of anilines is 2. The first kappa shape index (κ1) is 42.3. The highest BCUT2D eigenvalue weighted by atomic mass is 35.5. The highest BCUT2D eigenvalue weighted by molar-refractivity contribution is 6.34. The van der Waals surface area contributed by atoms with Gasteiger partial charge in [-0.05, 0) is 36.8 Å². The van der Waals surface area contributed by atoms with Gasteiger partial charge in [-0.25, -0.2) is 18.7 Å². The highest BCUT2D eigenvalue weighted by Crippen LogP contribution is 2.42. The molecule has 0 saturated carbocycles.